The van der Waals surface area contributed by atoms with E-state index in [4.69, 9.17) is 9.15 Å². The molecule has 0 fully saturated rings. The molecule has 0 aliphatic rings. The molecule has 1 heterocycles. The molecular formula is C29H37N3O4. The second-order valence-electron chi connectivity index (χ2n) is 8.85. The van der Waals surface area contributed by atoms with Crippen LogP contribution in [0.5, 0.6) is 5.75 Å². The molecule has 192 valence electrons. The van der Waals surface area contributed by atoms with Gasteiger partial charge in [0.25, 0.3) is 0 Å². The number of carbonyl (C=O) groups excluding carboxylic acids is 2. The van der Waals surface area contributed by atoms with Gasteiger partial charge in [-0.2, -0.15) is 0 Å². The smallest absolute Gasteiger partial charge is 0.322 e. The number of nitrogens with zero attached hydrogens (tertiary/aromatic N) is 2. The Morgan fingerprint density at radius 3 is 2.31 bits per heavy atom. The van der Waals surface area contributed by atoms with Gasteiger partial charge in [-0.1, -0.05) is 50.1 Å². The Kier molecular flexibility index (Phi) is 10.4. The van der Waals surface area contributed by atoms with E-state index in [0.717, 1.165) is 42.8 Å². The molecule has 0 radical (unpaired) electrons. The highest BCUT2D eigenvalue weighted by atomic mass is 16.5. The van der Waals surface area contributed by atoms with Gasteiger partial charge in [0, 0.05) is 18.8 Å². The first-order valence-electron chi connectivity index (χ1n) is 12.6. The van der Waals surface area contributed by atoms with Gasteiger partial charge in [-0.3, -0.25) is 4.79 Å². The average Bonchev–Trinajstić information content (AvgIpc) is 3.31. The summed E-state index contributed by atoms with van der Waals surface area (Å²) in [5.74, 6) is 2.14. The maximum Gasteiger partial charge on any atom is 0.322 e. The van der Waals surface area contributed by atoms with Crippen molar-refractivity contribution < 1.29 is 18.7 Å². The van der Waals surface area contributed by atoms with Crippen LogP contribution in [0.25, 0.3) is 0 Å². The summed E-state index contributed by atoms with van der Waals surface area (Å²) in [6, 6.07) is 20.7. The van der Waals surface area contributed by atoms with Gasteiger partial charge in [0.1, 0.15) is 23.8 Å². The summed E-state index contributed by atoms with van der Waals surface area (Å²) >= 11 is 0. The molecule has 3 amide bonds. The summed E-state index contributed by atoms with van der Waals surface area (Å²) in [7, 11) is 1.60. The molecular weight excluding hydrogens is 454 g/mol. The number of benzene rings is 2. The Morgan fingerprint density at radius 2 is 1.67 bits per heavy atom. The number of furan rings is 1. The number of hydrogen-bond acceptors (Lipinski definition) is 4. The Labute approximate surface area is 214 Å². The number of hydrogen-bond donors (Lipinski definition) is 1. The zero-order valence-corrected chi connectivity index (χ0v) is 21.5. The number of urea groups is 1. The van der Waals surface area contributed by atoms with E-state index in [1.54, 1.807) is 41.2 Å². The van der Waals surface area contributed by atoms with Crippen molar-refractivity contribution >= 4 is 17.6 Å². The van der Waals surface area contributed by atoms with E-state index in [2.05, 4.69) is 24.4 Å². The van der Waals surface area contributed by atoms with Crippen LogP contribution in [0.4, 0.5) is 10.5 Å². The summed E-state index contributed by atoms with van der Waals surface area (Å²) < 4.78 is 10.9. The van der Waals surface area contributed by atoms with Crippen molar-refractivity contribution in [2.24, 2.45) is 0 Å². The van der Waals surface area contributed by atoms with Gasteiger partial charge in [-0.05, 0) is 61.7 Å². The first-order chi connectivity index (χ1) is 17.5. The van der Waals surface area contributed by atoms with E-state index in [1.807, 2.05) is 37.3 Å². The predicted octanol–water partition coefficient (Wildman–Crippen LogP) is 5.89. The van der Waals surface area contributed by atoms with Gasteiger partial charge in [0.15, 0.2) is 0 Å². The molecule has 0 unspecified atom stereocenters. The van der Waals surface area contributed by atoms with E-state index in [0.29, 0.717) is 31.1 Å². The lowest BCUT2D eigenvalue weighted by atomic mass is 10.1. The molecule has 3 aromatic rings. The predicted molar refractivity (Wildman–Crippen MR) is 142 cm³/mol. The number of nitrogens with one attached hydrogen (secondary N) is 1. The highest BCUT2D eigenvalue weighted by Gasteiger charge is 2.22. The Morgan fingerprint density at radius 1 is 0.917 bits per heavy atom. The van der Waals surface area contributed by atoms with Crippen LogP contribution in [-0.2, 0) is 17.8 Å². The molecule has 0 atom stereocenters. The maximum absolute atomic E-state index is 13.5. The second-order valence-corrected chi connectivity index (χ2v) is 8.85. The molecule has 7 nitrogen and oxygen atoms in total. The lowest BCUT2D eigenvalue weighted by Crippen LogP contribution is -2.45. The van der Waals surface area contributed by atoms with E-state index in [1.165, 1.54) is 0 Å². The monoisotopic (exact) mass is 491 g/mol. The fourth-order valence-electron chi connectivity index (χ4n) is 3.90. The van der Waals surface area contributed by atoms with Crippen molar-refractivity contribution in [2.75, 3.05) is 32.1 Å². The first kappa shape index (κ1) is 26.9. The summed E-state index contributed by atoms with van der Waals surface area (Å²) in [5.41, 5.74) is 1.81. The lowest BCUT2D eigenvalue weighted by molar-refractivity contribution is -0.132. The standard InChI is InChI=1S/C29H37N3O4/c1-4-5-9-19-32(29(34)30-25-13-16-26(35-3)17-14-25)22-28(33)31(21-27-15-12-23(2)36-27)20-18-24-10-7-6-8-11-24/h6-8,10-17H,4-5,9,18-22H2,1-3H3,(H,30,34). The third kappa shape index (κ3) is 8.48. The fraction of sp³-hybridized carbons (Fsp3) is 0.379. The SMILES string of the molecule is CCCCCN(CC(=O)N(CCc1ccccc1)Cc1ccc(C)o1)C(=O)Nc1ccc(OC)cc1. The van der Waals surface area contributed by atoms with E-state index < -0.39 is 0 Å². The number of rotatable bonds is 13. The molecule has 1 aromatic heterocycles. The first-order valence-corrected chi connectivity index (χ1v) is 12.6. The number of anilines is 1. The largest absolute Gasteiger partial charge is 0.497 e. The molecule has 0 aliphatic heterocycles. The Hall–Kier alpha value is -3.74. The molecule has 2 aromatic carbocycles. The van der Waals surface area contributed by atoms with Crippen LogP contribution in [0.3, 0.4) is 0 Å². The van der Waals surface area contributed by atoms with Crippen LogP contribution < -0.4 is 10.1 Å². The minimum atomic E-state index is -0.290. The summed E-state index contributed by atoms with van der Waals surface area (Å²) in [6.07, 6.45) is 3.58. The van der Waals surface area contributed by atoms with Crippen LogP contribution in [0.15, 0.2) is 71.1 Å². The Balaban J connectivity index is 1.71. The lowest BCUT2D eigenvalue weighted by Gasteiger charge is -2.27. The van der Waals surface area contributed by atoms with Crippen molar-refractivity contribution in [3.8, 4) is 5.75 Å². The van der Waals surface area contributed by atoms with Crippen molar-refractivity contribution in [3.05, 3.63) is 83.8 Å². The van der Waals surface area contributed by atoms with Crippen LogP contribution in [0, 0.1) is 6.92 Å². The number of carbonyl (C=O) groups is 2. The highest BCUT2D eigenvalue weighted by molar-refractivity contribution is 5.92. The Bertz CT molecular complexity index is 1080. The summed E-state index contributed by atoms with van der Waals surface area (Å²) in [5, 5.41) is 2.92. The number of ether oxygens (including phenoxy) is 1. The summed E-state index contributed by atoms with van der Waals surface area (Å²) in [4.78, 5) is 30.0. The molecule has 7 heteroatoms. The maximum atomic E-state index is 13.5. The molecule has 0 saturated heterocycles. The average molecular weight is 492 g/mol. The van der Waals surface area contributed by atoms with Gasteiger partial charge >= 0.3 is 6.03 Å². The van der Waals surface area contributed by atoms with E-state index >= 15 is 0 Å². The number of amides is 3. The van der Waals surface area contributed by atoms with Crippen molar-refractivity contribution in [1.29, 1.82) is 0 Å². The minimum Gasteiger partial charge on any atom is -0.497 e. The number of unbranched alkanes of at least 4 members (excludes halogenated alkanes) is 2. The number of aryl methyl sites for hydroxylation is 1. The van der Waals surface area contributed by atoms with E-state index in [-0.39, 0.29) is 18.5 Å². The summed E-state index contributed by atoms with van der Waals surface area (Å²) in [6.45, 7) is 5.41. The van der Waals surface area contributed by atoms with Crippen LogP contribution in [0.1, 0.15) is 43.3 Å². The van der Waals surface area contributed by atoms with Gasteiger partial charge in [-0.15, -0.1) is 0 Å². The van der Waals surface area contributed by atoms with Crippen molar-refractivity contribution in [2.45, 2.75) is 46.1 Å². The van der Waals surface area contributed by atoms with Crippen LogP contribution in [-0.4, -0.2) is 48.5 Å². The quantitative estimate of drug-likeness (QED) is 0.303. The third-order valence-electron chi connectivity index (χ3n) is 5.99. The topological polar surface area (TPSA) is 75.0 Å². The van der Waals surface area contributed by atoms with Gasteiger partial charge in [0.2, 0.25) is 5.91 Å². The van der Waals surface area contributed by atoms with Crippen molar-refractivity contribution in [3.63, 3.8) is 0 Å². The van der Waals surface area contributed by atoms with Crippen molar-refractivity contribution in [1.82, 2.24) is 9.80 Å². The van der Waals surface area contributed by atoms with Crippen LogP contribution >= 0.6 is 0 Å². The molecule has 0 saturated carbocycles. The normalized spacial score (nSPS) is 10.6. The molecule has 1 N–H and O–H groups in total. The van der Waals surface area contributed by atoms with Crippen LogP contribution in [0.2, 0.25) is 0 Å². The molecule has 0 aliphatic carbocycles. The van der Waals surface area contributed by atoms with Gasteiger partial charge < -0.3 is 24.3 Å². The molecule has 0 bridgehead atoms. The molecule has 3 rings (SSSR count). The van der Waals surface area contributed by atoms with Gasteiger partial charge in [-0.25, -0.2) is 4.79 Å². The minimum absolute atomic E-state index is 0.000181. The second kappa shape index (κ2) is 14.0. The van der Waals surface area contributed by atoms with Gasteiger partial charge in [0.05, 0.1) is 13.7 Å². The number of methoxy groups -OCH3 is 1. The molecule has 36 heavy (non-hydrogen) atoms. The van der Waals surface area contributed by atoms with E-state index in [9.17, 15) is 9.59 Å². The fourth-order valence-corrected chi connectivity index (χ4v) is 3.90. The zero-order chi connectivity index (χ0) is 25.8. The molecule has 0 spiro atoms. The third-order valence-corrected chi connectivity index (χ3v) is 5.99. The highest BCUT2D eigenvalue weighted by Crippen LogP contribution is 2.16. The zero-order valence-electron chi connectivity index (χ0n) is 21.5.